The fourth-order valence-electron chi connectivity index (χ4n) is 1.81. The Morgan fingerprint density at radius 2 is 2.11 bits per heavy atom. The number of carbonyl (C=O) groups is 1. The largest absolute Gasteiger partial charge is 0.399 e. The zero-order chi connectivity index (χ0) is 13.9. The number of nitrogens with two attached hydrogens (primary N) is 2. The molecule has 1 aromatic carbocycles. The van der Waals surface area contributed by atoms with Crippen LogP contribution in [0.2, 0.25) is 5.02 Å². The molecule has 1 amide bonds. The number of nitrogens with one attached hydrogen (secondary N) is 1. The van der Waals surface area contributed by atoms with Crippen molar-refractivity contribution in [2.75, 3.05) is 31.7 Å². The van der Waals surface area contributed by atoms with E-state index >= 15 is 0 Å². The molecule has 5 N–H and O–H groups in total. The third-order valence-electron chi connectivity index (χ3n) is 2.41. The molecule has 0 heterocycles. The molecule has 5 nitrogen and oxygen atoms in total. The van der Waals surface area contributed by atoms with E-state index < -0.39 is 5.91 Å². The van der Waals surface area contributed by atoms with E-state index in [-0.39, 0.29) is 6.04 Å². The van der Waals surface area contributed by atoms with Gasteiger partial charge in [0.2, 0.25) is 0 Å². The lowest BCUT2D eigenvalue weighted by molar-refractivity contribution is 0.100. The van der Waals surface area contributed by atoms with Crippen molar-refractivity contribution >= 4 is 28.9 Å². The van der Waals surface area contributed by atoms with E-state index in [1.807, 2.05) is 25.9 Å². The number of hydrogen-bond donors (Lipinski definition) is 3. The third kappa shape index (κ3) is 3.78. The highest BCUT2D eigenvalue weighted by molar-refractivity contribution is 6.34. The summed E-state index contributed by atoms with van der Waals surface area (Å²) < 4.78 is 0. The summed E-state index contributed by atoms with van der Waals surface area (Å²) in [6, 6.07) is 3.25. The van der Waals surface area contributed by atoms with Gasteiger partial charge in [0.1, 0.15) is 0 Å². The first-order valence-electron chi connectivity index (χ1n) is 5.61. The van der Waals surface area contributed by atoms with Crippen LogP contribution in [0.3, 0.4) is 0 Å². The summed E-state index contributed by atoms with van der Waals surface area (Å²) in [5, 5.41) is 3.59. The van der Waals surface area contributed by atoms with Gasteiger partial charge in [0.15, 0.2) is 0 Å². The van der Waals surface area contributed by atoms with Crippen LogP contribution in [0.4, 0.5) is 11.4 Å². The van der Waals surface area contributed by atoms with E-state index in [4.69, 9.17) is 23.1 Å². The molecule has 0 saturated carbocycles. The Morgan fingerprint density at radius 1 is 1.50 bits per heavy atom. The second kappa shape index (κ2) is 5.93. The first kappa shape index (κ1) is 14.6. The number of nitrogens with zero attached hydrogens (tertiary/aromatic N) is 1. The molecule has 0 aliphatic heterocycles. The highest BCUT2D eigenvalue weighted by atomic mass is 35.5. The second-order valence-electron chi connectivity index (χ2n) is 4.60. The lowest BCUT2D eigenvalue weighted by Gasteiger charge is -2.21. The van der Waals surface area contributed by atoms with Gasteiger partial charge in [0.25, 0.3) is 5.91 Å². The number of anilines is 2. The molecule has 18 heavy (non-hydrogen) atoms. The Bertz CT molecular complexity index is 448. The van der Waals surface area contributed by atoms with Crippen LogP contribution >= 0.6 is 11.6 Å². The Balaban J connectivity index is 3.03. The van der Waals surface area contributed by atoms with Gasteiger partial charge >= 0.3 is 0 Å². The lowest BCUT2D eigenvalue weighted by atomic mass is 10.1. The van der Waals surface area contributed by atoms with Crippen molar-refractivity contribution in [1.29, 1.82) is 0 Å². The minimum Gasteiger partial charge on any atom is -0.399 e. The number of primary amides is 1. The van der Waals surface area contributed by atoms with Gasteiger partial charge in [-0.1, -0.05) is 11.6 Å². The van der Waals surface area contributed by atoms with Gasteiger partial charge in [0.05, 0.1) is 16.3 Å². The molecule has 1 unspecified atom stereocenters. The molecule has 0 fully saturated rings. The molecule has 6 heteroatoms. The molecule has 1 rings (SSSR count). The molecular weight excluding hydrogens is 252 g/mol. The summed E-state index contributed by atoms with van der Waals surface area (Å²) in [6.45, 7) is 2.80. The molecule has 0 saturated heterocycles. The Morgan fingerprint density at radius 3 is 2.61 bits per heavy atom. The van der Waals surface area contributed by atoms with Crippen LogP contribution in [-0.4, -0.2) is 37.5 Å². The van der Waals surface area contributed by atoms with E-state index in [1.54, 1.807) is 6.07 Å². The summed E-state index contributed by atoms with van der Waals surface area (Å²) in [4.78, 5) is 13.4. The summed E-state index contributed by atoms with van der Waals surface area (Å²) >= 11 is 6.10. The minimum absolute atomic E-state index is 0.124. The normalized spacial score (nSPS) is 12.5. The maximum Gasteiger partial charge on any atom is 0.250 e. The zero-order valence-corrected chi connectivity index (χ0v) is 11.6. The maximum absolute atomic E-state index is 11.4. The number of amides is 1. The van der Waals surface area contributed by atoms with Crippen molar-refractivity contribution in [3.05, 3.63) is 22.7 Å². The van der Waals surface area contributed by atoms with E-state index in [1.165, 1.54) is 6.07 Å². The van der Waals surface area contributed by atoms with Gasteiger partial charge in [-0.3, -0.25) is 4.79 Å². The summed E-state index contributed by atoms with van der Waals surface area (Å²) in [5.74, 6) is -0.552. The van der Waals surface area contributed by atoms with E-state index in [0.717, 1.165) is 6.54 Å². The molecule has 0 aliphatic rings. The summed E-state index contributed by atoms with van der Waals surface area (Å²) in [6.07, 6.45) is 0. The second-order valence-corrected chi connectivity index (χ2v) is 5.00. The highest BCUT2D eigenvalue weighted by Crippen LogP contribution is 2.29. The molecule has 1 atom stereocenters. The standard InChI is InChI=1S/C12H19ClN4O/c1-7(6-17(2)3)16-11-9(12(15)18)4-8(14)5-10(11)13/h4-5,7,16H,6,14H2,1-3H3,(H2,15,18). The van der Waals surface area contributed by atoms with Crippen LogP contribution in [0.5, 0.6) is 0 Å². The van der Waals surface area contributed by atoms with Crippen molar-refractivity contribution in [2.24, 2.45) is 5.73 Å². The molecule has 100 valence electrons. The fourth-order valence-corrected chi connectivity index (χ4v) is 2.09. The van der Waals surface area contributed by atoms with Gasteiger partial charge in [-0.15, -0.1) is 0 Å². The van der Waals surface area contributed by atoms with E-state index in [9.17, 15) is 4.79 Å². The van der Waals surface area contributed by atoms with Gasteiger partial charge in [0, 0.05) is 18.3 Å². The number of rotatable bonds is 5. The molecular formula is C12H19ClN4O. The van der Waals surface area contributed by atoms with Crippen LogP contribution in [-0.2, 0) is 0 Å². The third-order valence-corrected chi connectivity index (χ3v) is 2.71. The van der Waals surface area contributed by atoms with Crippen molar-refractivity contribution < 1.29 is 4.79 Å². The SMILES string of the molecule is CC(CN(C)C)Nc1c(Cl)cc(N)cc1C(N)=O. The molecule has 1 aromatic rings. The van der Waals surface area contributed by atoms with Gasteiger partial charge in [-0.05, 0) is 33.2 Å². The Hall–Kier alpha value is -1.46. The lowest BCUT2D eigenvalue weighted by Crippen LogP contribution is -2.30. The van der Waals surface area contributed by atoms with Gasteiger partial charge < -0.3 is 21.7 Å². The monoisotopic (exact) mass is 270 g/mol. The number of nitrogen functional groups attached to an aromatic ring is 1. The first-order chi connectivity index (χ1) is 8.31. The van der Waals surface area contributed by atoms with Gasteiger partial charge in [-0.2, -0.15) is 0 Å². The molecule has 0 aromatic heterocycles. The van der Waals surface area contributed by atoms with Crippen molar-refractivity contribution in [1.82, 2.24) is 4.90 Å². The molecule has 0 radical (unpaired) electrons. The number of benzene rings is 1. The van der Waals surface area contributed by atoms with Crippen LogP contribution in [0.15, 0.2) is 12.1 Å². The van der Waals surface area contributed by atoms with Gasteiger partial charge in [-0.25, -0.2) is 0 Å². The zero-order valence-electron chi connectivity index (χ0n) is 10.8. The average Bonchev–Trinajstić information content (AvgIpc) is 2.20. The predicted molar refractivity (Wildman–Crippen MR) is 76.0 cm³/mol. The average molecular weight is 271 g/mol. The van der Waals surface area contributed by atoms with Crippen LogP contribution < -0.4 is 16.8 Å². The smallest absolute Gasteiger partial charge is 0.250 e. The van der Waals surface area contributed by atoms with Crippen molar-refractivity contribution in [2.45, 2.75) is 13.0 Å². The maximum atomic E-state index is 11.4. The minimum atomic E-state index is -0.552. The van der Waals surface area contributed by atoms with Crippen LogP contribution in [0, 0.1) is 0 Å². The van der Waals surface area contributed by atoms with E-state index in [0.29, 0.717) is 22.0 Å². The summed E-state index contributed by atoms with van der Waals surface area (Å²) in [5.41, 5.74) is 12.2. The van der Waals surface area contributed by atoms with Crippen molar-refractivity contribution in [3.8, 4) is 0 Å². The highest BCUT2D eigenvalue weighted by Gasteiger charge is 2.15. The predicted octanol–water partition coefficient (Wildman–Crippen LogP) is 1.38. The van der Waals surface area contributed by atoms with E-state index in [2.05, 4.69) is 5.32 Å². The quantitative estimate of drug-likeness (QED) is 0.706. The Kier molecular flexibility index (Phi) is 4.81. The molecule has 0 bridgehead atoms. The number of carbonyl (C=O) groups excluding carboxylic acids is 1. The topological polar surface area (TPSA) is 84.4 Å². The first-order valence-corrected chi connectivity index (χ1v) is 5.99. The summed E-state index contributed by atoms with van der Waals surface area (Å²) in [7, 11) is 3.94. The van der Waals surface area contributed by atoms with Crippen LogP contribution in [0.25, 0.3) is 0 Å². The van der Waals surface area contributed by atoms with Crippen molar-refractivity contribution in [3.63, 3.8) is 0 Å². The number of halogens is 1. The van der Waals surface area contributed by atoms with Crippen LogP contribution in [0.1, 0.15) is 17.3 Å². The molecule has 0 spiro atoms. The molecule has 0 aliphatic carbocycles. The Labute approximate surface area is 112 Å². The fraction of sp³-hybridized carbons (Fsp3) is 0.417. The number of likely N-dealkylation sites (N-methyl/N-ethyl adjacent to an activating group) is 1. The number of hydrogen-bond acceptors (Lipinski definition) is 4.